The van der Waals surface area contributed by atoms with Crippen LogP contribution in [0.2, 0.25) is 0 Å². The lowest BCUT2D eigenvalue weighted by Gasteiger charge is -2.28. The molecule has 2 rings (SSSR count). The Labute approximate surface area is 170 Å². The summed E-state index contributed by atoms with van der Waals surface area (Å²) in [5, 5.41) is 0. The van der Waals surface area contributed by atoms with Crippen LogP contribution in [0, 0.1) is 0 Å². The van der Waals surface area contributed by atoms with E-state index >= 15 is 0 Å². The maximum atomic E-state index is 12.0. The van der Waals surface area contributed by atoms with Crippen molar-refractivity contribution in [2.75, 3.05) is 39.3 Å². The highest BCUT2D eigenvalue weighted by atomic mass is 16.5. The summed E-state index contributed by atoms with van der Waals surface area (Å²) in [6.45, 7) is 10.0. The summed E-state index contributed by atoms with van der Waals surface area (Å²) in [7, 11) is 0. The zero-order chi connectivity index (χ0) is 20.2. The second-order valence-electron chi connectivity index (χ2n) is 8.53. The van der Waals surface area contributed by atoms with Crippen LogP contribution in [0.15, 0.2) is 0 Å². The summed E-state index contributed by atoms with van der Waals surface area (Å²) in [6.07, 6.45) is 9.56. The van der Waals surface area contributed by atoms with Crippen LogP contribution < -0.4 is 0 Å². The van der Waals surface area contributed by atoms with E-state index in [9.17, 15) is 9.59 Å². The maximum Gasteiger partial charge on any atom is 0.306 e. The van der Waals surface area contributed by atoms with Gasteiger partial charge in [0, 0.05) is 25.9 Å². The lowest BCUT2D eigenvalue weighted by atomic mass is 10.1. The number of hydrogen-bond donors (Lipinski definition) is 0. The van der Waals surface area contributed by atoms with E-state index in [0.29, 0.717) is 25.7 Å². The molecule has 0 aliphatic carbocycles. The third kappa shape index (κ3) is 9.87. The van der Waals surface area contributed by atoms with Crippen LogP contribution in [0.5, 0.6) is 0 Å². The molecule has 2 saturated heterocycles. The summed E-state index contributed by atoms with van der Waals surface area (Å²) in [4.78, 5) is 28.7. The third-order valence-electron chi connectivity index (χ3n) is 5.61. The number of carbonyl (C=O) groups excluding carboxylic acids is 2. The largest absolute Gasteiger partial charge is 0.461 e. The molecule has 2 atom stereocenters. The van der Waals surface area contributed by atoms with Crippen LogP contribution in [-0.4, -0.2) is 73.2 Å². The zero-order valence-corrected chi connectivity index (χ0v) is 18.0. The van der Waals surface area contributed by atoms with Gasteiger partial charge in [-0.2, -0.15) is 0 Å². The third-order valence-corrected chi connectivity index (χ3v) is 5.61. The molecule has 0 saturated carbocycles. The fraction of sp³-hybridized carbons (Fsp3) is 0.909. The lowest BCUT2D eigenvalue weighted by Crippen LogP contribution is -2.37. The predicted molar refractivity (Wildman–Crippen MR) is 110 cm³/mol. The zero-order valence-electron chi connectivity index (χ0n) is 18.0. The van der Waals surface area contributed by atoms with Crippen LogP contribution in [0.1, 0.15) is 78.1 Å². The summed E-state index contributed by atoms with van der Waals surface area (Å²) in [5.41, 5.74) is 0. The van der Waals surface area contributed by atoms with Gasteiger partial charge in [-0.25, -0.2) is 0 Å². The monoisotopic (exact) mass is 396 g/mol. The lowest BCUT2D eigenvalue weighted by molar-refractivity contribution is -0.151. The minimum absolute atomic E-state index is 0.0637. The highest BCUT2D eigenvalue weighted by Crippen LogP contribution is 2.12. The number of piperidine rings is 2. The molecule has 0 radical (unpaired) electrons. The summed E-state index contributed by atoms with van der Waals surface area (Å²) < 4.78 is 11.0. The van der Waals surface area contributed by atoms with Crippen molar-refractivity contribution in [2.24, 2.45) is 0 Å². The van der Waals surface area contributed by atoms with Crippen molar-refractivity contribution >= 4 is 11.9 Å². The van der Waals surface area contributed by atoms with Crippen molar-refractivity contribution in [3.05, 3.63) is 0 Å². The van der Waals surface area contributed by atoms with E-state index in [-0.39, 0.29) is 24.1 Å². The SMILES string of the molecule is C[C@H](CN1CCCCC1)OC(=O)CCCCC(=O)O[C@@H](C)CN1CCCCC1. The number of hydrogen-bond acceptors (Lipinski definition) is 6. The molecule has 2 aliphatic heterocycles. The Bertz CT molecular complexity index is 417. The quantitative estimate of drug-likeness (QED) is 0.394. The van der Waals surface area contributed by atoms with Crippen molar-refractivity contribution in [3.8, 4) is 0 Å². The standard InChI is InChI=1S/C22H40N2O4/c1-19(17-23-13-7-3-8-14-23)27-21(25)11-5-6-12-22(26)28-20(2)18-24-15-9-4-10-16-24/h19-20H,3-18H2,1-2H3/t19-,20+. The predicted octanol–water partition coefficient (Wildman–Crippen LogP) is 3.38. The van der Waals surface area contributed by atoms with E-state index in [1.165, 1.54) is 38.5 Å². The first-order valence-electron chi connectivity index (χ1n) is 11.4. The van der Waals surface area contributed by atoms with Gasteiger partial charge in [-0.15, -0.1) is 0 Å². The first kappa shape index (κ1) is 23.1. The molecule has 0 bridgehead atoms. The Hall–Kier alpha value is -1.14. The fourth-order valence-electron chi connectivity index (χ4n) is 4.19. The molecule has 0 aromatic heterocycles. The number of likely N-dealkylation sites (tertiary alicyclic amines) is 2. The molecule has 2 heterocycles. The molecule has 28 heavy (non-hydrogen) atoms. The van der Waals surface area contributed by atoms with Crippen LogP contribution in [0.25, 0.3) is 0 Å². The number of unbranched alkanes of at least 4 members (excludes halogenated alkanes) is 1. The topological polar surface area (TPSA) is 59.1 Å². The Balaban J connectivity index is 1.48. The summed E-state index contributed by atoms with van der Waals surface area (Å²) in [6, 6.07) is 0. The highest BCUT2D eigenvalue weighted by Gasteiger charge is 2.18. The Morgan fingerprint density at radius 2 is 1.04 bits per heavy atom. The van der Waals surface area contributed by atoms with Gasteiger partial charge in [0.2, 0.25) is 0 Å². The molecule has 0 unspecified atom stereocenters. The highest BCUT2D eigenvalue weighted by molar-refractivity contribution is 5.70. The number of nitrogens with zero attached hydrogens (tertiary/aromatic N) is 2. The van der Waals surface area contributed by atoms with Gasteiger partial charge in [0.25, 0.3) is 0 Å². The number of ether oxygens (including phenoxy) is 2. The Kier molecular flexibility index (Phi) is 10.9. The Morgan fingerprint density at radius 3 is 1.39 bits per heavy atom. The van der Waals surface area contributed by atoms with Crippen LogP contribution >= 0.6 is 0 Å². The fourth-order valence-corrected chi connectivity index (χ4v) is 4.19. The van der Waals surface area contributed by atoms with Crippen molar-refractivity contribution in [1.29, 1.82) is 0 Å². The molecule has 0 amide bonds. The van der Waals surface area contributed by atoms with E-state index in [2.05, 4.69) is 9.80 Å². The van der Waals surface area contributed by atoms with Gasteiger partial charge in [0.1, 0.15) is 12.2 Å². The van der Waals surface area contributed by atoms with Crippen LogP contribution in [0.3, 0.4) is 0 Å². The molecule has 2 fully saturated rings. The van der Waals surface area contributed by atoms with E-state index in [0.717, 1.165) is 39.3 Å². The second-order valence-corrected chi connectivity index (χ2v) is 8.53. The smallest absolute Gasteiger partial charge is 0.306 e. The first-order chi connectivity index (χ1) is 13.5. The van der Waals surface area contributed by atoms with E-state index in [1.54, 1.807) is 0 Å². The van der Waals surface area contributed by atoms with Gasteiger partial charge in [-0.3, -0.25) is 19.4 Å². The summed E-state index contributed by atoms with van der Waals surface area (Å²) in [5.74, 6) is -0.312. The van der Waals surface area contributed by atoms with Crippen molar-refractivity contribution in [3.63, 3.8) is 0 Å². The van der Waals surface area contributed by atoms with Crippen molar-refractivity contribution in [2.45, 2.75) is 90.3 Å². The molecule has 0 aromatic carbocycles. The number of rotatable bonds is 11. The number of carbonyl (C=O) groups is 2. The van der Waals surface area contributed by atoms with Crippen LogP contribution in [-0.2, 0) is 19.1 Å². The average Bonchev–Trinajstić information content (AvgIpc) is 2.66. The van der Waals surface area contributed by atoms with E-state index in [4.69, 9.17) is 9.47 Å². The Morgan fingerprint density at radius 1 is 0.679 bits per heavy atom. The van der Waals surface area contributed by atoms with E-state index in [1.807, 2.05) is 13.8 Å². The molecular formula is C22H40N2O4. The van der Waals surface area contributed by atoms with Crippen LogP contribution in [0.4, 0.5) is 0 Å². The molecule has 162 valence electrons. The minimum atomic E-state index is -0.156. The molecule has 0 spiro atoms. The minimum Gasteiger partial charge on any atom is -0.461 e. The molecule has 6 heteroatoms. The molecule has 0 N–H and O–H groups in total. The summed E-state index contributed by atoms with van der Waals surface area (Å²) >= 11 is 0. The van der Waals surface area contributed by atoms with Gasteiger partial charge in [-0.1, -0.05) is 12.8 Å². The van der Waals surface area contributed by atoms with Gasteiger partial charge in [0.05, 0.1) is 0 Å². The van der Waals surface area contributed by atoms with Gasteiger partial charge in [0.15, 0.2) is 0 Å². The molecular weight excluding hydrogens is 356 g/mol. The van der Waals surface area contributed by atoms with Gasteiger partial charge < -0.3 is 9.47 Å². The average molecular weight is 397 g/mol. The molecule has 6 nitrogen and oxygen atoms in total. The molecule has 2 aliphatic rings. The van der Waals surface area contributed by atoms with Gasteiger partial charge >= 0.3 is 11.9 Å². The second kappa shape index (κ2) is 13.2. The maximum absolute atomic E-state index is 12.0. The van der Waals surface area contributed by atoms with Crippen molar-refractivity contribution < 1.29 is 19.1 Å². The normalized spacial score (nSPS) is 21.1. The first-order valence-corrected chi connectivity index (χ1v) is 11.4. The van der Waals surface area contributed by atoms with Crippen molar-refractivity contribution in [1.82, 2.24) is 9.80 Å². The number of esters is 2. The molecule has 0 aromatic rings. The van der Waals surface area contributed by atoms with Gasteiger partial charge in [-0.05, 0) is 78.6 Å². The van der Waals surface area contributed by atoms with E-state index < -0.39 is 0 Å².